The van der Waals surface area contributed by atoms with Gasteiger partial charge in [-0.05, 0) is 12.5 Å². The van der Waals surface area contributed by atoms with Crippen molar-refractivity contribution in [3.8, 4) is 0 Å². The first kappa shape index (κ1) is 12.4. The molecule has 0 bridgehead atoms. The number of rotatable bonds is 2. The Morgan fingerprint density at radius 3 is 2.78 bits per heavy atom. The summed E-state index contributed by atoms with van der Waals surface area (Å²) in [6.07, 6.45) is -0.129. The van der Waals surface area contributed by atoms with Crippen molar-refractivity contribution >= 4 is 11.6 Å². The normalized spacial score (nSPS) is 19.0. The molecule has 1 aliphatic heterocycles. The number of β-amino-alcohol motifs (C(OH)–C–C–N with tert-alkyl or cyclic N) is 1. The lowest BCUT2D eigenvalue weighted by molar-refractivity contribution is -0.385. The third-order valence-corrected chi connectivity index (χ3v) is 2.84. The molecular weight excluding hydrogens is 243 g/mol. The Balaban J connectivity index is 2.23. The van der Waals surface area contributed by atoms with Crippen molar-refractivity contribution in [2.24, 2.45) is 0 Å². The van der Waals surface area contributed by atoms with Gasteiger partial charge in [-0.3, -0.25) is 14.9 Å². The minimum absolute atomic E-state index is 0.162. The molecule has 96 valence electrons. The second-order valence-electron chi connectivity index (χ2n) is 4.11. The van der Waals surface area contributed by atoms with E-state index in [1.54, 1.807) is 0 Å². The van der Waals surface area contributed by atoms with E-state index in [1.807, 2.05) is 0 Å². The molecule has 1 N–H and O–H groups in total. The molecule has 6 nitrogen and oxygen atoms in total. The Kier molecular flexibility index (Phi) is 3.24. The number of carbonyl (C=O) groups excluding carboxylic acids is 1. The average Bonchev–Trinajstić information content (AvgIpc) is 2.74. The number of nitro benzene ring substituents is 1. The van der Waals surface area contributed by atoms with Gasteiger partial charge in [0.25, 0.3) is 11.6 Å². The minimum atomic E-state index is -0.921. The van der Waals surface area contributed by atoms with Gasteiger partial charge in [-0.2, -0.15) is 0 Å². The van der Waals surface area contributed by atoms with Crippen molar-refractivity contribution in [1.29, 1.82) is 0 Å². The topological polar surface area (TPSA) is 83.7 Å². The summed E-state index contributed by atoms with van der Waals surface area (Å²) in [4.78, 5) is 22.9. The molecule has 1 heterocycles. The molecule has 18 heavy (non-hydrogen) atoms. The zero-order valence-electron chi connectivity index (χ0n) is 9.38. The second-order valence-corrected chi connectivity index (χ2v) is 4.11. The summed E-state index contributed by atoms with van der Waals surface area (Å²) in [5.41, 5.74) is -0.611. The van der Waals surface area contributed by atoms with E-state index in [1.165, 1.54) is 4.90 Å². The number of aliphatic hydroxyl groups excluding tert-OH is 1. The van der Waals surface area contributed by atoms with Crippen molar-refractivity contribution in [2.45, 2.75) is 12.5 Å². The fourth-order valence-corrected chi connectivity index (χ4v) is 1.89. The number of likely N-dealkylation sites (tertiary alicyclic amines) is 1. The maximum absolute atomic E-state index is 13.6. The van der Waals surface area contributed by atoms with E-state index in [0.29, 0.717) is 13.0 Å². The van der Waals surface area contributed by atoms with Gasteiger partial charge in [0.2, 0.25) is 0 Å². The van der Waals surface area contributed by atoms with E-state index >= 15 is 0 Å². The standard InChI is InChI=1S/C11H11FN2O4/c12-10-5-7(14(17)18)1-2-9(10)11(16)13-4-3-8(15)6-13/h1-2,5,8,15H,3-4,6H2. The number of halogens is 1. The molecule has 1 aliphatic rings. The van der Waals surface area contributed by atoms with E-state index in [2.05, 4.69) is 0 Å². The lowest BCUT2D eigenvalue weighted by atomic mass is 10.1. The number of benzene rings is 1. The molecule has 0 aromatic heterocycles. The smallest absolute Gasteiger partial charge is 0.272 e. The Labute approximate surface area is 102 Å². The lowest BCUT2D eigenvalue weighted by Crippen LogP contribution is -2.30. The Morgan fingerprint density at radius 2 is 2.28 bits per heavy atom. The van der Waals surface area contributed by atoms with Crippen LogP contribution in [0.25, 0.3) is 0 Å². The van der Waals surface area contributed by atoms with Gasteiger partial charge in [-0.1, -0.05) is 0 Å². The van der Waals surface area contributed by atoms with Crippen LogP contribution in [0.15, 0.2) is 18.2 Å². The van der Waals surface area contributed by atoms with Crippen LogP contribution in [0.2, 0.25) is 0 Å². The van der Waals surface area contributed by atoms with Crippen LogP contribution in [0, 0.1) is 15.9 Å². The summed E-state index contributed by atoms with van der Waals surface area (Å²) >= 11 is 0. The van der Waals surface area contributed by atoms with E-state index in [-0.39, 0.29) is 12.1 Å². The molecule has 0 spiro atoms. The average molecular weight is 254 g/mol. The summed E-state index contributed by atoms with van der Waals surface area (Å²) in [6, 6.07) is 2.91. The molecule has 1 atom stereocenters. The summed E-state index contributed by atoms with van der Waals surface area (Å²) in [5, 5.41) is 19.7. The fourth-order valence-electron chi connectivity index (χ4n) is 1.89. The number of nitrogens with zero attached hydrogens (tertiary/aromatic N) is 2. The maximum Gasteiger partial charge on any atom is 0.272 e. The predicted octanol–water partition coefficient (Wildman–Crippen LogP) is 0.941. The zero-order valence-corrected chi connectivity index (χ0v) is 9.38. The SMILES string of the molecule is O=C(c1ccc([N+](=O)[O-])cc1F)N1CCC(O)C1. The highest BCUT2D eigenvalue weighted by atomic mass is 19.1. The number of carbonyl (C=O) groups is 1. The third kappa shape index (κ3) is 2.30. The van der Waals surface area contributed by atoms with Crippen molar-refractivity contribution in [1.82, 2.24) is 4.90 Å². The number of hydrogen-bond donors (Lipinski definition) is 1. The van der Waals surface area contributed by atoms with Gasteiger partial charge in [0, 0.05) is 19.2 Å². The van der Waals surface area contributed by atoms with Gasteiger partial charge in [0.15, 0.2) is 0 Å². The summed E-state index contributed by atoms with van der Waals surface area (Å²) < 4.78 is 13.6. The van der Waals surface area contributed by atoms with Crippen LogP contribution in [0.5, 0.6) is 0 Å². The Morgan fingerprint density at radius 1 is 1.56 bits per heavy atom. The summed E-state index contributed by atoms with van der Waals surface area (Å²) in [7, 11) is 0. The van der Waals surface area contributed by atoms with Crippen molar-refractivity contribution in [3.05, 3.63) is 39.7 Å². The largest absolute Gasteiger partial charge is 0.391 e. The number of aliphatic hydroxyl groups is 1. The summed E-state index contributed by atoms with van der Waals surface area (Å²) in [6.45, 7) is 0.520. The van der Waals surface area contributed by atoms with Gasteiger partial charge in [0.1, 0.15) is 5.82 Å². The highest BCUT2D eigenvalue weighted by Crippen LogP contribution is 2.20. The molecule has 0 radical (unpaired) electrons. The molecular formula is C11H11FN2O4. The molecule has 1 aromatic carbocycles. The molecule has 2 rings (SSSR count). The van der Waals surface area contributed by atoms with Crippen molar-refractivity contribution in [3.63, 3.8) is 0 Å². The number of hydrogen-bond acceptors (Lipinski definition) is 4. The van der Waals surface area contributed by atoms with Gasteiger partial charge in [-0.15, -0.1) is 0 Å². The minimum Gasteiger partial charge on any atom is -0.391 e. The third-order valence-electron chi connectivity index (χ3n) is 2.84. The van der Waals surface area contributed by atoms with Crippen LogP contribution in [-0.2, 0) is 0 Å². The molecule has 1 saturated heterocycles. The van der Waals surface area contributed by atoms with E-state index < -0.39 is 28.4 Å². The van der Waals surface area contributed by atoms with E-state index in [0.717, 1.165) is 18.2 Å². The van der Waals surface area contributed by atoms with Crippen LogP contribution in [0.1, 0.15) is 16.8 Å². The first-order valence-electron chi connectivity index (χ1n) is 5.40. The first-order valence-corrected chi connectivity index (χ1v) is 5.40. The van der Waals surface area contributed by atoms with Crippen LogP contribution in [-0.4, -0.2) is 40.0 Å². The lowest BCUT2D eigenvalue weighted by Gasteiger charge is -2.15. The zero-order chi connectivity index (χ0) is 13.3. The van der Waals surface area contributed by atoms with E-state index in [4.69, 9.17) is 0 Å². The fraction of sp³-hybridized carbons (Fsp3) is 0.364. The number of non-ortho nitro benzene ring substituents is 1. The van der Waals surface area contributed by atoms with Crippen LogP contribution >= 0.6 is 0 Å². The van der Waals surface area contributed by atoms with Crippen LogP contribution in [0.4, 0.5) is 10.1 Å². The van der Waals surface area contributed by atoms with Gasteiger partial charge >= 0.3 is 0 Å². The second kappa shape index (κ2) is 4.69. The van der Waals surface area contributed by atoms with Gasteiger partial charge in [-0.25, -0.2) is 4.39 Å². The number of amides is 1. The van der Waals surface area contributed by atoms with Gasteiger partial charge in [0.05, 0.1) is 22.7 Å². The van der Waals surface area contributed by atoms with E-state index in [9.17, 15) is 24.4 Å². The van der Waals surface area contributed by atoms with Crippen molar-refractivity contribution < 1.29 is 19.2 Å². The van der Waals surface area contributed by atoms with Crippen molar-refractivity contribution in [2.75, 3.05) is 13.1 Å². The molecule has 1 fully saturated rings. The van der Waals surface area contributed by atoms with Crippen LogP contribution in [0.3, 0.4) is 0 Å². The highest BCUT2D eigenvalue weighted by molar-refractivity contribution is 5.95. The predicted molar refractivity (Wildman–Crippen MR) is 59.6 cm³/mol. The Hall–Kier alpha value is -2.02. The summed E-state index contributed by atoms with van der Waals surface area (Å²) in [5.74, 6) is -1.48. The molecule has 7 heteroatoms. The molecule has 0 saturated carbocycles. The molecule has 1 amide bonds. The van der Waals surface area contributed by atoms with Crippen LogP contribution < -0.4 is 0 Å². The maximum atomic E-state index is 13.6. The quantitative estimate of drug-likeness (QED) is 0.628. The monoisotopic (exact) mass is 254 g/mol. The van der Waals surface area contributed by atoms with Gasteiger partial charge < -0.3 is 10.0 Å². The molecule has 1 unspecified atom stereocenters. The first-order chi connectivity index (χ1) is 8.49. The Bertz CT molecular complexity index is 506. The molecule has 1 aromatic rings. The number of nitro groups is 1. The molecule has 0 aliphatic carbocycles. The highest BCUT2D eigenvalue weighted by Gasteiger charge is 2.27.